The molecule has 3 aromatic rings. The van der Waals surface area contributed by atoms with E-state index in [0.717, 1.165) is 5.56 Å². The molecule has 0 radical (unpaired) electrons. The molecule has 0 bridgehead atoms. The van der Waals surface area contributed by atoms with Crippen LogP contribution >= 0.6 is 0 Å². The maximum Gasteiger partial charge on any atom is 0.144 e. The van der Waals surface area contributed by atoms with Crippen LogP contribution in [-0.4, -0.2) is 25.4 Å². The topological polar surface area (TPSA) is 94.5 Å². The van der Waals surface area contributed by atoms with Crippen molar-refractivity contribution in [2.75, 3.05) is 11.6 Å². The highest BCUT2D eigenvalue weighted by atomic mass is 32.2. The Labute approximate surface area is 151 Å². The van der Waals surface area contributed by atoms with Crippen LogP contribution in [0.2, 0.25) is 0 Å². The molecular weight excluding hydrogens is 353 g/mol. The number of pyridine rings is 1. The average molecular weight is 373 g/mol. The Balaban J connectivity index is 2.06. The molecular formula is C18H20FN5OS. The van der Waals surface area contributed by atoms with Crippen molar-refractivity contribution in [3.8, 4) is 0 Å². The van der Waals surface area contributed by atoms with Crippen LogP contribution in [0.1, 0.15) is 28.8 Å². The Morgan fingerprint density at radius 1 is 1.12 bits per heavy atom. The minimum absolute atomic E-state index is 0.292. The van der Waals surface area contributed by atoms with Crippen LogP contribution in [0, 0.1) is 24.4 Å². The van der Waals surface area contributed by atoms with Crippen molar-refractivity contribution >= 4 is 15.5 Å². The first-order valence-electron chi connectivity index (χ1n) is 8.00. The van der Waals surface area contributed by atoms with Gasteiger partial charge in [-0.25, -0.2) is 23.3 Å². The second kappa shape index (κ2) is 6.87. The van der Waals surface area contributed by atoms with E-state index in [1.807, 2.05) is 30.3 Å². The van der Waals surface area contributed by atoms with E-state index in [4.69, 9.17) is 4.78 Å². The van der Waals surface area contributed by atoms with Crippen molar-refractivity contribution in [2.45, 2.75) is 24.9 Å². The summed E-state index contributed by atoms with van der Waals surface area (Å²) in [7, 11) is -2.92. The molecule has 0 saturated carbocycles. The Morgan fingerprint density at radius 3 is 2.38 bits per heavy atom. The molecule has 3 rings (SSSR count). The van der Waals surface area contributed by atoms with Crippen LogP contribution < -0.4 is 5.32 Å². The zero-order valence-electron chi connectivity index (χ0n) is 14.7. The molecule has 1 aromatic carbocycles. The van der Waals surface area contributed by atoms with Crippen LogP contribution in [0.4, 0.5) is 10.2 Å². The first kappa shape index (κ1) is 18.1. The summed E-state index contributed by atoms with van der Waals surface area (Å²) in [5.74, 6) is 0.647. The Hall–Kier alpha value is -2.74. The lowest BCUT2D eigenvalue weighted by Crippen LogP contribution is -2.15. The van der Waals surface area contributed by atoms with Crippen LogP contribution in [0.5, 0.6) is 0 Å². The Morgan fingerprint density at radius 2 is 1.81 bits per heavy atom. The maximum absolute atomic E-state index is 13.5. The zero-order valence-corrected chi connectivity index (χ0v) is 15.5. The van der Waals surface area contributed by atoms with Gasteiger partial charge in [0.1, 0.15) is 28.5 Å². The van der Waals surface area contributed by atoms with Crippen LogP contribution in [-0.2, 0) is 9.73 Å². The first-order valence-corrected chi connectivity index (χ1v) is 9.97. The fraction of sp³-hybridized carbons (Fsp3) is 0.222. The number of aryl methyl sites for hydroxylation is 2. The van der Waals surface area contributed by atoms with Crippen LogP contribution in [0.25, 0.3) is 0 Å². The molecule has 8 heteroatoms. The second-order valence-corrected chi connectivity index (χ2v) is 8.23. The van der Waals surface area contributed by atoms with Crippen molar-refractivity contribution in [2.24, 2.45) is 0 Å². The van der Waals surface area contributed by atoms with Crippen molar-refractivity contribution in [1.29, 1.82) is 4.78 Å². The molecule has 2 heterocycles. The number of halogens is 1. The van der Waals surface area contributed by atoms with Crippen molar-refractivity contribution in [1.82, 2.24) is 15.0 Å². The smallest absolute Gasteiger partial charge is 0.144 e. The third-order valence-corrected chi connectivity index (χ3v) is 5.14. The molecule has 0 fully saturated rings. The standard InChI is InChI=1S/C18H20FN5OS/c1-11-14(19)9-10-15(21-11)23-16(13-7-5-4-6-8-13)17-22-12(2)18(24-17)26(3,20)25/h4-10,16,20H,1-3H3,(H,21,23)(H,22,24). The molecule has 6 nitrogen and oxygen atoms in total. The van der Waals surface area contributed by atoms with E-state index in [9.17, 15) is 8.60 Å². The predicted molar refractivity (Wildman–Crippen MR) is 99.2 cm³/mol. The maximum atomic E-state index is 13.5. The molecule has 0 saturated heterocycles. The van der Waals surface area contributed by atoms with Gasteiger partial charge in [0.05, 0.1) is 21.1 Å². The van der Waals surface area contributed by atoms with Gasteiger partial charge < -0.3 is 10.3 Å². The minimum atomic E-state index is -2.92. The van der Waals surface area contributed by atoms with Gasteiger partial charge in [0.25, 0.3) is 0 Å². The number of rotatable bonds is 5. The van der Waals surface area contributed by atoms with Crippen molar-refractivity contribution in [3.63, 3.8) is 0 Å². The van der Waals surface area contributed by atoms with E-state index >= 15 is 0 Å². The SMILES string of the molecule is Cc1nc(NC(c2ccccc2)c2nc(C)c(S(C)(=N)=O)[nH]2)ccc1F. The summed E-state index contributed by atoms with van der Waals surface area (Å²) in [6, 6.07) is 12.1. The fourth-order valence-corrected chi connectivity index (χ4v) is 3.62. The number of nitrogens with one attached hydrogen (secondary N) is 3. The van der Waals surface area contributed by atoms with Gasteiger partial charge in [0, 0.05) is 6.26 Å². The van der Waals surface area contributed by atoms with Gasteiger partial charge in [-0.05, 0) is 31.5 Å². The molecule has 0 aliphatic carbocycles. The van der Waals surface area contributed by atoms with Crippen molar-refractivity contribution in [3.05, 3.63) is 71.1 Å². The summed E-state index contributed by atoms with van der Waals surface area (Å²) in [4.78, 5) is 11.7. The summed E-state index contributed by atoms with van der Waals surface area (Å²) < 4.78 is 33.5. The molecule has 0 aliphatic heterocycles. The van der Waals surface area contributed by atoms with Crippen molar-refractivity contribution < 1.29 is 8.60 Å². The lowest BCUT2D eigenvalue weighted by molar-refractivity contribution is 0.610. The van der Waals surface area contributed by atoms with Gasteiger partial charge >= 0.3 is 0 Å². The number of benzene rings is 1. The largest absolute Gasteiger partial charge is 0.356 e. The minimum Gasteiger partial charge on any atom is -0.356 e. The Bertz CT molecular complexity index is 1030. The zero-order chi connectivity index (χ0) is 18.9. The van der Waals surface area contributed by atoms with Crippen LogP contribution in [0.15, 0.2) is 47.5 Å². The number of hydrogen-bond acceptors (Lipinski definition) is 5. The molecule has 3 N–H and O–H groups in total. The number of aromatic nitrogens is 3. The summed E-state index contributed by atoms with van der Waals surface area (Å²) >= 11 is 0. The summed E-state index contributed by atoms with van der Waals surface area (Å²) in [6.45, 7) is 3.31. The average Bonchev–Trinajstić information content (AvgIpc) is 2.98. The molecule has 26 heavy (non-hydrogen) atoms. The number of nitrogens with zero attached hydrogens (tertiary/aromatic N) is 2. The number of hydrogen-bond donors (Lipinski definition) is 3. The van der Waals surface area contributed by atoms with E-state index in [2.05, 4.69) is 20.3 Å². The third kappa shape index (κ3) is 3.75. The normalized spacial score (nSPS) is 14.6. The fourth-order valence-electron chi connectivity index (χ4n) is 2.71. The monoisotopic (exact) mass is 373 g/mol. The number of H-pyrrole nitrogens is 1. The quantitative estimate of drug-likeness (QED) is 0.634. The third-order valence-electron chi connectivity index (χ3n) is 3.97. The van der Waals surface area contributed by atoms with Gasteiger partial charge in [-0.3, -0.25) is 0 Å². The molecule has 2 unspecified atom stereocenters. The molecule has 0 amide bonds. The van der Waals surface area contributed by atoms with E-state index in [1.165, 1.54) is 12.3 Å². The van der Waals surface area contributed by atoms with E-state index in [1.54, 1.807) is 19.9 Å². The van der Waals surface area contributed by atoms with Gasteiger partial charge in [0.2, 0.25) is 0 Å². The number of anilines is 1. The van der Waals surface area contributed by atoms with Crippen LogP contribution in [0.3, 0.4) is 0 Å². The molecule has 136 valence electrons. The van der Waals surface area contributed by atoms with Gasteiger partial charge in [0.15, 0.2) is 0 Å². The lowest BCUT2D eigenvalue weighted by Gasteiger charge is -2.18. The van der Waals surface area contributed by atoms with E-state index < -0.39 is 15.8 Å². The molecule has 2 aromatic heterocycles. The molecule has 2 atom stereocenters. The summed E-state index contributed by atoms with van der Waals surface area (Å²) in [5.41, 5.74) is 1.72. The number of imidazole rings is 1. The van der Waals surface area contributed by atoms with Gasteiger partial charge in [-0.1, -0.05) is 30.3 Å². The molecule has 0 aliphatic rings. The van der Waals surface area contributed by atoms with Gasteiger partial charge in [-0.2, -0.15) is 0 Å². The molecule has 0 spiro atoms. The highest BCUT2D eigenvalue weighted by Gasteiger charge is 2.22. The highest BCUT2D eigenvalue weighted by Crippen LogP contribution is 2.26. The van der Waals surface area contributed by atoms with Gasteiger partial charge in [-0.15, -0.1) is 0 Å². The second-order valence-electron chi connectivity index (χ2n) is 6.13. The summed E-state index contributed by atoms with van der Waals surface area (Å²) in [6.07, 6.45) is 1.35. The van der Waals surface area contributed by atoms with E-state index in [-0.39, 0.29) is 5.82 Å². The highest BCUT2D eigenvalue weighted by molar-refractivity contribution is 7.91. The first-order chi connectivity index (χ1) is 12.3. The number of aromatic amines is 1. The Kier molecular flexibility index (Phi) is 4.78. The lowest BCUT2D eigenvalue weighted by atomic mass is 10.1. The summed E-state index contributed by atoms with van der Waals surface area (Å²) in [5, 5.41) is 3.55. The predicted octanol–water partition coefficient (Wildman–Crippen LogP) is 3.80. The van der Waals surface area contributed by atoms with E-state index in [0.29, 0.717) is 28.1 Å².